The van der Waals surface area contributed by atoms with Gasteiger partial charge in [-0.25, -0.2) is 8.42 Å². The Morgan fingerprint density at radius 1 is 1.29 bits per heavy atom. The fourth-order valence-corrected chi connectivity index (χ4v) is 1.93. The van der Waals surface area contributed by atoms with E-state index in [-0.39, 0.29) is 0 Å². The molecular weight excluding hydrogens is 208 g/mol. The average molecular weight is 222 g/mol. The lowest BCUT2D eigenvalue weighted by atomic mass is 10.6. The van der Waals surface area contributed by atoms with Crippen LogP contribution in [0.4, 0.5) is 0 Å². The highest BCUT2D eigenvalue weighted by atomic mass is 32.2. The monoisotopic (exact) mass is 222 g/mol. The Balaban J connectivity index is 4.92. The van der Waals surface area contributed by atoms with Gasteiger partial charge >= 0.3 is 0 Å². The summed E-state index contributed by atoms with van der Waals surface area (Å²) in [5, 5.41) is 2.18. The third-order valence-corrected chi connectivity index (χ3v) is 2.83. The van der Waals surface area contributed by atoms with Gasteiger partial charge in [-0.15, -0.1) is 0 Å². The molecule has 0 radical (unpaired) electrons. The molecule has 0 saturated heterocycles. The molecule has 0 aliphatic rings. The molecule has 7 heteroatoms. The van der Waals surface area contributed by atoms with E-state index in [9.17, 15) is 18.0 Å². The van der Waals surface area contributed by atoms with Gasteiger partial charge in [0.1, 0.15) is 0 Å². The summed E-state index contributed by atoms with van der Waals surface area (Å²) in [7, 11) is -2.22. The van der Waals surface area contributed by atoms with Crippen molar-refractivity contribution in [3.8, 4) is 0 Å². The van der Waals surface area contributed by atoms with E-state index in [1.807, 2.05) is 0 Å². The zero-order chi connectivity index (χ0) is 11.5. The molecule has 0 bridgehead atoms. The Kier molecular flexibility index (Phi) is 4.06. The second-order valence-electron chi connectivity index (χ2n) is 3.01. The fraction of sp³-hybridized carbons (Fsp3) is 0.714. The molecule has 0 fully saturated rings. The number of nitrogens with zero attached hydrogens (tertiary/aromatic N) is 1. The smallest absolute Gasteiger partial charge is 0.221 e. The number of hydrogen-bond acceptors (Lipinski definition) is 4. The van der Waals surface area contributed by atoms with E-state index >= 15 is 0 Å². The lowest BCUT2D eigenvalue weighted by molar-refractivity contribution is -0.129. The molecule has 0 aromatic heterocycles. The molecule has 82 valence electrons. The lowest BCUT2D eigenvalue weighted by Gasteiger charge is -2.25. The van der Waals surface area contributed by atoms with Gasteiger partial charge in [0, 0.05) is 27.2 Å². The maximum atomic E-state index is 11.2. The van der Waals surface area contributed by atoms with E-state index in [2.05, 4.69) is 5.32 Å². The summed E-state index contributed by atoms with van der Waals surface area (Å²) in [6, 6.07) is 0. The maximum Gasteiger partial charge on any atom is 0.221 e. The summed E-state index contributed by atoms with van der Waals surface area (Å²) in [6.07, 6.45) is 0.951. The second kappa shape index (κ2) is 4.41. The van der Waals surface area contributed by atoms with Crippen LogP contribution in [-0.4, -0.2) is 43.9 Å². The topological polar surface area (TPSA) is 83.6 Å². The fourth-order valence-electron chi connectivity index (χ4n) is 0.830. The lowest BCUT2D eigenvalue weighted by Crippen LogP contribution is -2.52. The van der Waals surface area contributed by atoms with Crippen LogP contribution in [0, 0.1) is 0 Å². The molecule has 0 aromatic rings. The Morgan fingerprint density at radius 2 is 1.71 bits per heavy atom. The van der Waals surface area contributed by atoms with Crippen LogP contribution < -0.4 is 5.32 Å². The summed E-state index contributed by atoms with van der Waals surface area (Å²) in [5.74, 6) is -0.942. The Hall–Kier alpha value is -1.11. The second-order valence-corrected chi connectivity index (χ2v) is 5.12. The van der Waals surface area contributed by atoms with Crippen LogP contribution in [0.15, 0.2) is 0 Å². The third kappa shape index (κ3) is 3.73. The zero-order valence-electron chi connectivity index (χ0n) is 8.57. The third-order valence-electron chi connectivity index (χ3n) is 1.58. The van der Waals surface area contributed by atoms with Crippen LogP contribution in [0.5, 0.6) is 0 Å². The van der Waals surface area contributed by atoms with Crippen molar-refractivity contribution in [3.05, 3.63) is 0 Å². The van der Waals surface area contributed by atoms with Crippen LogP contribution in [-0.2, 0) is 19.4 Å². The molecule has 14 heavy (non-hydrogen) atoms. The largest absolute Gasteiger partial charge is 0.323 e. The molecule has 1 atom stereocenters. The highest BCUT2D eigenvalue weighted by Gasteiger charge is 2.27. The van der Waals surface area contributed by atoms with Crippen LogP contribution in [0.3, 0.4) is 0 Å². The van der Waals surface area contributed by atoms with Gasteiger partial charge in [0.15, 0.2) is 9.84 Å². The van der Waals surface area contributed by atoms with Gasteiger partial charge in [-0.05, 0) is 0 Å². The maximum absolute atomic E-state index is 11.2. The normalized spacial score (nSPS) is 13.1. The standard InChI is InChI=1S/C7H14N2O4S/c1-5(10)8-7(14(4,12)13)9(3)6(2)11/h7H,1-4H3,(H,8,10). The summed E-state index contributed by atoms with van der Waals surface area (Å²) in [6.45, 7) is 2.41. The minimum absolute atomic E-state index is 0.436. The molecule has 2 amide bonds. The van der Waals surface area contributed by atoms with Gasteiger partial charge < -0.3 is 10.2 Å². The van der Waals surface area contributed by atoms with Crippen molar-refractivity contribution in [2.45, 2.75) is 19.3 Å². The summed E-state index contributed by atoms with van der Waals surface area (Å²) in [5.41, 5.74) is -1.29. The van der Waals surface area contributed by atoms with Gasteiger partial charge in [-0.2, -0.15) is 0 Å². The van der Waals surface area contributed by atoms with Crippen molar-refractivity contribution in [2.75, 3.05) is 13.3 Å². The minimum atomic E-state index is -3.53. The molecule has 0 aliphatic heterocycles. The molecule has 1 unspecified atom stereocenters. The van der Waals surface area contributed by atoms with E-state index < -0.39 is 27.1 Å². The highest BCUT2D eigenvalue weighted by Crippen LogP contribution is 2.01. The molecule has 0 rings (SSSR count). The number of rotatable bonds is 3. The first-order chi connectivity index (χ1) is 6.16. The van der Waals surface area contributed by atoms with Gasteiger partial charge in [-0.3, -0.25) is 9.59 Å². The van der Waals surface area contributed by atoms with Crippen molar-refractivity contribution >= 4 is 21.7 Å². The summed E-state index contributed by atoms with van der Waals surface area (Å²) >= 11 is 0. The number of hydrogen-bond donors (Lipinski definition) is 1. The van der Waals surface area contributed by atoms with Crippen LogP contribution in [0.25, 0.3) is 0 Å². The summed E-state index contributed by atoms with van der Waals surface area (Å²) in [4.78, 5) is 22.6. The van der Waals surface area contributed by atoms with Crippen LogP contribution >= 0.6 is 0 Å². The zero-order valence-corrected chi connectivity index (χ0v) is 9.38. The SMILES string of the molecule is CC(=O)NC(N(C)C(C)=O)S(C)(=O)=O. The summed E-state index contributed by atoms with van der Waals surface area (Å²) < 4.78 is 22.4. The van der Waals surface area contributed by atoms with Crippen molar-refractivity contribution in [2.24, 2.45) is 0 Å². The van der Waals surface area contributed by atoms with Gasteiger partial charge in [0.25, 0.3) is 0 Å². The first-order valence-corrected chi connectivity index (χ1v) is 5.81. The van der Waals surface area contributed by atoms with E-state index in [0.717, 1.165) is 11.2 Å². The molecule has 0 heterocycles. The molecular formula is C7H14N2O4S. The van der Waals surface area contributed by atoms with Crippen molar-refractivity contribution < 1.29 is 18.0 Å². The first kappa shape index (κ1) is 12.9. The number of nitrogens with one attached hydrogen (secondary N) is 1. The predicted molar refractivity (Wildman–Crippen MR) is 50.9 cm³/mol. The Morgan fingerprint density at radius 3 is 1.93 bits per heavy atom. The average Bonchev–Trinajstić information content (AvgIpc) is 1.96. The van der Waals surface area contributed by atoms with E-state index in [4.69, 9.17) is 0 Å². The van der Waals surface area contributed by atoms with Gasteiger partial charge in [0.05, 0.1) is 0 Å². The molecule has 0 spiro atoms. The number of amides is 2. The van der Waals surface area contributed by atoms with Gasteiger partial charge in [-0.1, -0.05) is 0 Å². The number of carbonyl (C=O) groups is 2. The van der Waals surface area contributed by atoms with Gasteiger partial charge in [0.2, 0.25) is 17.3 Å². The first-order valence-electron chi connectivity index (χ1n) is 3.85. The van der Waals surface area contributed by atoms with E-state index in [1.165, 1.54) is 20.9 Å². The molecule has 1 N–H and O–H groups in total. The molecule has 0 saturated carbocycles. The van der Waals surface area contributed by atoms with Crippen LogP contribution in [0.2, 0.25) is 0 Å². The quantitative estimate of drug-likeness (QED) is 0.616. The van der Waals surface area contributed by atoms with Crippen molar-refractivity contribution in [3.63, 3.8) is 0 Å². The van der Waals surface area contributed by atoms with E-state index in [1.54, 1.807) is 0 Å². The molecule has 0 aromatic carbocycles. The predicted octanol–water partition coefficient (Wildman–Crippen LogP) is -1.07. The molecule has 6 nitrogen and oxygen atoms in total. The minimum Gasteiger partial charge on any atom is -0.323 e. The van der Waals surface area contributed by atoms with Crippen molar-refractivity contribution in [1.29, 1.82) is 0 Å². The molecule has 0 aliphatic carbocycles. The van der Waals surface area contributed by atoms with E-state index in [0.29, 0.717) is 0 Å². The number of sulfone groups is 1. The Labute approximate surface area is 83.2 Å². The van der Waals surface area contributed by atoms with Crippen molar-refractivity contribution in [1.82, 2.24) is 10.2 Å². The van der Waals surface area contributed by atoms with Crippen LogP contribution in [0.1, 0.15) is 13.8 Å². The number of carbonyl (C=O) groups excluding carboxylic acids is 2. The Bertz CT molecular complexity index is 336. The highest BCUT2D eigenvalue weighted by molar-refractivity contribution is 7.91.